The largest absolute Gasteiger partial charge is 0.261 e. The van der Waals surface area contributed by atoms with E-state index < -0.39 is 0 Å². The second-order valence-corrected chi connectivity index (χ2v) is 10.1. The Morgan fingerprint density at radius 1 is 0.457 bits per heavy atom. The summed E-state index contributed by atoms with van der Waals surface area (Å²) in [6, 6.07) is 17.6. The topological polar surface area (TPSA) is 25.8 Å². The molecule has 188 valence electrons. The van der Waals surface area contributed by atoms with Gasteiger partial charge in [0.15, 0.2) is 0 Å². The van der Waals surface area contributed by atoms with Crippen molar-refractivity contribution in [1.82, 2.24) is 9.97 Å². The fourth-order valence-electron chi connectivity index (χ4n) is 4.69. The average Bonchev–Trinajstić information content (AvgIpc) is 2.91. The van der Waals surface area contributed by atoms with Crippen LogP contribution in [0.5, 0.6) is 0 Å². The second-order valence-electron chi connectivity index (χ2n) is 10.1. The molecular formula is C33H46N2. The maximum absolute atomic E-state index is 4.74. The number of aryl methyl sites for hydroxylation is 2. The summed E-state index contributed by atoms with van der Waals surface area (Å²) in [6.07, 6.45) is 23.7. The molecule has 2 aromatic heterocycles. The molecule has 35 heavy (non-hydrogen) atoms. The smallest absolute Gasteiger partial charge is 0.0702 e. The summed E-state index contributed by atoms with van der Waals surface area (Å²) >= 11 is 0. The minimum absolute atomic E-state index is 1.03. The van der Waals surface area contributed by atoms with Gasteiger partial charge in [-0.1, -0.05) is 121 Å². The van der Waals surface area contributed by atoms with Crippen molar-refractivity contribution >= 4 is 0 Å². The second kappa shape index (κ2) is 16.2. The Bertz CT molecular complexity index is 926. The highest BCUT2D eigenvalue weighted by atomic mass is 14.7. The lowest BCUT2D eigenvalue weighted by atomic mass is 10.0. The van der Waals surface area contributed by atoms with E-state index in [9.17, 15) is 0 Å². The van der Waals surface area contributed by atoms with Crippen LogP contribution >= 0.6 is 0 Å². The molecule has 0 aliphatic carbocycles. The van der Waals surface area contributed by atoms with Crippen LogP contribution in [-0.2, 0) is 12.8 Å². The van der Waals surface area contributed by atoms with Crippen LogP contribution in [0.1, 0.15) is 109 Å². The van der Waals surface area contributed by atoms with Gasteiger partial charge in [-0.25, -0.2) is 0 Å². The molecule has 0 unspecified atom stereocenters. The monoisotopic (exact) mass is 470 g/mol. The Morgan fingerprint density at radius 3 is 1.51 bits per heavy atom. The molecule has 3 rings (SSSR count). The van der Waals surface area contributed by atoms with Crippen LogP contribution in [0.15, 0.2) is 60.9 Å². The zero-order valence-electron chi connectivity index (χ0n) is 22.3. The van der Waals surface area contributed by atoms with E-state index in [1.54, 1.807) is 0 Å². The van der Waals surface area contributed by atoms with Crippen molar-refractivity contribution in [3.63, 3.8) is 0 Å². The SMILES string of the molecule is CCCCCCCCCc1ccc(-c2ccc(-c3ccc(CCCCCCCC)cc3)nc2)cn1. The van der Waals surface area contributed by atoms with Crippen LogP contribution in [0.4, 0.5) is 0 Å². The van der Waals surface area contributed by atoms with Gasteiger partial charge in [-0.3, -0.25) is 9.97 Å². The van der Waals surface area contributed by atoms with Gasteiger partial charge in [0.1, 0.15) is 0 Å². The first-order valence-electron chi connectivity index (χ1n) is 14.3. The van der Waals surface area contributed by atoms with Gasteiger partial charge in [0, 0.05) is 34.8 Å². The van der Waals surface area contributed by atoms with E-state index >= 15 is 0 Å². The van der Waals surface area contributed by atoms with E-state index in [-0.39, 0.29) is 0 Å². The predicted octanol–water partition coefficient (Wildman–Crippen LogP) is 10.0. The van der Waals surface area contributed by atoms with Crippen molar-refractivity contribution in [2.75, 3.05) is 0 Å². The zero-order chi connectivity index (χ0) is 24.6. The van der Waals surface area contributed by atoms with Crippen LogP contribution < -0.4 is 0 Å². The number of unbranched alkanes of at least 4 members (excludes halogenated alkanes) is 11. The Kier molecular flexibility index (Phi) is 12.6. The van der Waals surface area contributed by atoms with E-state index in [2.05, 4.69) is 62.4 Å². The lowest BCUT2D eigenvalue weighted by molar-refractivity contribution is 0.587. The molecule has 0 saturated heterocycles. The molecule has 2 heterocycles. The number of aromatic nitrogens is 2. The van der Waals surface area contributed by atoms with Gasteiger partial charge in [-0.05, 0) is 43.4 Å². The van der Waals surface area contributed by atoms with Gasteiger partial charge in [-0.15, -0.1) is 0 Å². The number of benzene rings is 1. The summed E-state index contributed by atoms with van der Waals surface area (Å²) in [5, 5.41) is 0. The molecule has 0 aliphatic heterocycles. The third kappa shape index (κ3) is 9.96. The quantitative estimate of drug-likeness (QED) is 0.183. The van der Waals surface area contributed by atoms with Gasteiger partial charge < -0.3 is 0 Å². The van der Waals surface area contributed by atoms with Gasteiger partial charge in [-0.2, -0.15) is 0 Å². The van der Waals surface area contributed by atoms with Gasteiger partial charge in [0.05, 0.1) is 5.69 Å². The summed E-state index contributed by atoms with van der Waals surface area (Å²) in [5.41, 5.74) is 7.12. The molecule has 0 saturated carbocycles. The molecule has 0 N–H and O–H groups in total. The molecule has 0 spiro atoms. The molecule has 0 bridgehead atoms. The van der Waals surface area contributed by atoms with Crippen LogP contribution in [0, 0.1) is 0 Å². The van der Waals surface area contributed by atoms with Crippen LogP contribution in [0.2, 0.25) is 0 Å². The van der Waals surface area contributed by atoms with Crippen LogP contribution in [-0.4, -0.2) is 9.97 Å². The average molecular weight is 471 g/mol. The molecule has 0 fully saturated rings. The first-order chi connectivity index (χ1) is 17.3. The molecule has 3 aromatic rings. The standard InChI is InChI=1S/C33H46N2/c1-3-5-7-9-11-13-15-17-32-24-22-30(26-34-32)31-23-25-33(35-27-31)29-20-18-28(19-21-29)16-14-12-10-8-6-4-2/h18-27H,3-17H2,1-2H3. The number of rotatable bonds is 17. The number of hydrogen-bond donors (Lipinski definition) is 0. The molecule has 0 amide bonds. The Morgan fingerprint density at radius 2 is 0.971 bits per heavy atom. The maximum Gasteiger partial charge on any atom is 0.0702 e. The van der Waals surface area contributed by atoms with Gasteiger partial charge >= 0.3 is 0 Å². The first kappa shape index (κ1) is 27.1. The van der Waals surface area contributed by atoms with Crippen molar-refractivity contribution < 1.29 is 0 Å². The molecule has 0 aliphatic rings. The summed E-state index contributed by atoms with van der Waals surface area (Å²) in [6.45, 7) is 4.55. The van der Waals surface area contributed by atoms with Crippen molar-refractivity contribution in [2.24, 2.45) is 0 Å². The fourth-order valence-corrected chi connectivity index (χ4v) is 4.69. The molecular weight excluding hydrogens is 424 g/mol. The van der Waals surface area contributed by atoms with Crippen molar-refractivity contribution in [3.8, 4) is 22.4 Å². The highest BCUT2D eigenvalue weighted by Gasteiger charge is 2.04. The third-order valence-electron chi connectivity index (χ3n) is 7.03. The van der Waals surface area contributed by atoms with Crippen LogP contribution in [0.3, 0.4) is 0 Å². The van der Waals surface area contributed by atoms with Gasteiger partial charge in [0.2, 0.25) is 0 Å². The third-order valence-corrected chi connectivity index (χ3v) is 7.03. The minimum Gasteiger partial charge on any atom is -0.261 e. The molecule has 2 nitrogen and oxygen atoms in total. The Labute approximate surface area is 214 Å². The predicted molar refractivity (Wildman–Crippen MR) is 152 cm³/mol. The summed E-state index contributed by atoms with van der Waals surface area (Å²) in [5.74, 6) is 0. The Hall–Kier alpha value is -2.48. The van der Waals surface area contributed by atoms with E-state index in [4.69, 9.17) is 9.97 Å². The molecule has 2 heteroatoms. The van der Waals surface area contributed by atoms with Crippen molar-refractivity contribution in [2.45, 2.75) is 110 Å². The Balaban J connectivity index is 1.43. The lowest BCUT2D eigenvalue weighted by Crippen LogP contribution is -1.92. The highest BCUT2D eigenvalue weighted by Crippen LogP contribution is 2.23. The molecule has 0 radical (unpaired) electrons. The fraction of sp³-hybridized carbons (Fsp3) is 0.515. The highest BCUT2D eigenvalue weighted by molar-refractivity contribution is 5.66. The van der Waals surface area contributed by atoms with E-state index in [1.807, 2.05) is 12.4 Å². The van der Waals surface area contributed by atoms with E-state index in [1.165, 1.54) is 107 Å². The van der Waals surface area contributed by atoms with Crippen molar-refractivity contribution in [3.05, 3.63) is 72.2 Å². The number of nitrogens with zero attached hydrogens (tertiary/aromatic N) is 2. The molecule has 1 aromatic carbocycles. The summed E-state index contributed by atoms with van der Waals surface area (Å²) < 4.78 is 0. The first-order valence-corrected chi connectivity index (χ1v) is 14.3. The summed E-state index contributed by atoms with van der Waals surface area (Å²) in [7, 11) is 0. The maximum atomic E-state index is 4.74. The number of hydrogen-bond acceptors (Lipinski definition) is 2. The molecule has 0 atom stereocenters. The lowest BCUT2D eigenvalue weighted by Gasteiger charge is -2.07. The van der Waals surface area contributed by atoms with Crippen molar-refractivity contribution in [1.29, 1.82) is 0 Å². The van der Waals surface area contributed by atoms with E-state index in [0.29, 0.717) is 0 Å². The van der Waals surface area contributed by atoms with Gasteiger partial charge in [0.25, 0.3) is 0 Å². The van der Waals surface area contributed by atoms with E-state index in [0.717, 1.165) is 23.2 Å². The normalized spacial score (nSPS) is 11.1. The zero-order valence-corrected chi connectivity index (χ0v) is 22.3. The minimum atomic E-state index is 1.03. The summed E-state index contributed by atoms with van der Waals surface area (Å²) in [4.78, 5) is 9.45. The number of pyridine rings is 2. The van der Waals surface area contributed by atoms with Crippen LogP contribution in [0.25, 0.3) is 22.4 Å².